The second-order valence-electron chi connectivity index (χ2n) is 6.53. The van der Waals surface area contributed by atoms with Crippen LogP contribution in [0.5, 0.6) is 0 Å². The number of hydrogen-bond acceptors (Lipinski definition) is 5. The van der Waals surface area contributed by atoms with Crippen LogP contribution >= 0.6 is 0 Å². The van der Waals surface area contributed by atoms with Crippen LogP contribution in [0, 0.1) is 23.1 Å². The van der Waals surface area contributed by atoms with E-state index < -0.39 is 5.82 Å². The van der Waals surface area contributed by atoms with Crippen LogP contribution in [0.2, 0.25) is 0 Å². The van der Waals surface area contributed by atoms with Crippen molar-refractivity contribution in [2.75, 3.05) is 23.3 Å². The number of aromatic nitrogens is 3. The standard InChI is InChI=1S/C20H17FN6O/c21-17-10-14(11-22)6-7-18(17)26-9-8-15(12-26)19(28)25-20-23-13-24-27(20)16-4-2-1-3-5-16/h1-7,10,13,15H,8-9,12H2,(H,23,24,25,28). The van der Waals surface area contributed by atoms with Gasteiger partial charge in [-0.1, -0.05) is 18.2 Å². The van der Waals surface area contributed by atoms with E-state index in [4.69, 9.17) is 5.26 Å². The smallest absolute Gasteiger partial charge is 0.232 e. The molecule has 1 aromatic heterocycles. The molecule has 1 atom stereocenters. The van der Waals surface area contributed by atoms with E-state index in [1.807, 2.05) is 41.3 Å². The zero-order valence-corrected chi connectivity index (χ0v) is 14.9. The van der Waals surface area contributed by atoms with Crippen LogP contribution in [0.15, 0.2) is 54.9 Å². The van der Waals surface area contributed by atoms with Gasteiger partial charge in [-0.15, -0.1) is 0 Å². The van der Waals surface area contributed by atoms with E-state index in [2.05, 4.69) is 15.4 Å². The fourth-order valence-electron chi connectivity index (χ4n) is 3.32. The van der Waals surface area contributed by atoms with Gasteiger partial charge in [-0.25, -0.2) is 4.39 Å². The highest BCUT2D eigenvalue weighted by molar-refractivity contribution is 5.92. The number of benzene rings is 2. The topological polar surface area (TPSA) is 86.8 Å². The average Bonchev–Trinajstić information content (AvgIpc) is 3.38. The lowest BCUT2D eigenvalue weighted by Gasteiger charge is -2.19. The van der Waals surface area contributed by atoms with Crippen molar-refractivity contribution in [1.82, 2.24) is 14.8 Å². The van der Waals surface area contributed by atoms with Crippen LogP contribution in [-0.2, 0) is 4.79 Å². The summed E-state index contributed by atoms with van der Waals surface area (Å²) in [5.41, 5.74) is 1.47. The fourth-order valence-corrected chi connectivity index (χ4v) is 3.32. The maximum atomic E-state index is 14.2. The molecule has 2 heterocycles. The molecule has 1 fully saturated rings. The minimum atomic E-state index is -0.455. The lowest BCUT2D eigenvalue weighted by atomic mass is 10.1. The molecule has 7 nitrogen and oxygen atoms in total. The summed E-state index contributed by atoms with van der Waals surface area (Å²) in [6.07, 6.45) is 1.99. The third kappa shape index (κ3) is 3.42. The molecule has 0 spiro atoms. The molecule has 2 aromatic carbocycles. The summed E-state index contributed by atoms with van der Waals surface area (Å²) in [5, 5.41) is 15.8. The third-order valence-corrected chi connectivity index (χ3v) is 4.76. The van der Waals surface area contributed by atoms with Crippen molar-refractivity contribution in [2.45, 2.75) is 6.42 Å². The van der Waals surface area contributed by atoms with E-state index in [0.29, 0.717) is 31.1 Å². The first kappa shape index (κ1) is 17.7. The number of anilines is 2. The van der Waals surface area contributed by atoms with Crippen LogP contribution < -0.4 is 10.2 Å². The van der Waals surface area contributed by atoms with E-state index in [1.54, 1.807) is 16.8 Å². The van der Waals surface area contributed by atoms with Crippen molar-refractivity contribution in [3.8, 4) is 11.8 Å². The number of rotatable bonds is 4. The number of amides is 1. The van der Waals surface area contributed by atoms with Crippen molar-refractivity contribution in [2.24, 2.45) is 5.92 Å². The van der Waals surface area contributed by atoms with Gasteiger partial charge in [0.05, 0.1) is 28.9 Å². The van der Waals surface area contributed by atoms with E-state index in [0.717, 1.165) is 5.69 Å². The van der Waals surface area contributed by atoms with Gasteiger partial charge in [0.25, 0.3) is 0 Å². The molecule has 8 heteroatoms. The molecule has 1 aliphatic heterocycles. The van der Waals surface area contributed by atoms with Crippen molar-refractivity contribution in [3.05, 3.63) is 66.2 Å². The summed E-state index contributed by atoms with van der Waals surface area (Å²) in [5.74, 6) is -0.583. The van der Waals surface area contributed by atoms with Crippen LogP contribution in [0.3, 0.4) is 0 Å². The number of hydrogen-bond donors (Lipinski definition) is 1. The van der Waals surface area contributed by atoms with Crippen molar-refractivity contribution < 1.29 is 9.18 Å². The normalized spacial score (nSPS) is 16.0. The first-order valence-electron chi connectivity index (χ1n) is 8.86. The minimum Gasteiger partial charge on any atom is -0.368 e. The van der Waals surface area contributed by atoms with Gasteiger partial charge in [0.1, 0.15) is 12.1 Å². The Morgan fingerprint density at radius 3 is 2.82 bits per heavy atom. The Morgan fingerprint density at radius 2 is 2.07 bits per heavy atom. The molecule has 1 unspecified atom stereocenters. The van der Waals surface area contributed by atoms with Crippen LogP contribution in [0.1, 0.15) is 12.0 Å². The lowest BCUT2D eigenvalue weighted by molar-refractivity contribution is -0.119. The molecule has 28 heavy (non-hydrogen) atoms. The molecule has 0 bridgehead atoms. The number of carbonyl (C=O) groups excluding carboxylic acids is 1. The highest BCUT2D eigenvalue weighted by atomic mass is 19.1. The highest BCUT2D eigenvalue weighted by Crippen LogP contribution is 2.27. The predicted octanol–water partition coefficient (Wildman–Crippen LogP) is 2.74. The first-order chi connectivity index (χ1) is 13.7. The Kier molecular flexibility index (Phi) is 4.72. The van der Waals surface area contributed by atoms with E-state index in [1.165, 1.54) is 12.4 Å². The molecule has 3 aromatic rings. The Labute approximate surface area is 161 Å². The van der Waals surface area contributed by atoms with Gasteiger partial charge in [-0.05, 0) is 36.8 Å². The molecule has 1 saturated heterocycles. The van der Waals surface area contributed by atoms with Gasteiger partial charge >= 0.3 is 0 Å². The van der Waals surface area contributed by atoms with Crippen LogP contribution in [0.4, 0.5) is 16.0 Å². The molecule has 1 N–H and O–H groups in total. The minimum absolute atomic E-state index is 0.179. The zero-order valence-electron chi connectivity index (χ0n) is 14.9. The van der Waals surface area contributed by atoms with Gasteiger partial charge in [-0.2, -0.15) is 20.0 Å². The molecule has 1 amide bonds. The number of nitriles is 1. The molecular weight excluding hydrogens is 359 g/mol. The van der Waals surface area contributed by atoms with Crippen LogP contribution in [0.25, 0.3) is 5.69 Å². The summed E-state index contributed by atoms with van der Waals surface area (Å²) < 4.78 is 15.8. The Balaban J connectivity index is 1.45. The summed E-state index contributed by atoms with van der Waals surface area (Å²) in [4.78, 5) is 18.7. The molecular formula is C20H17FN6O. The summed E-state index contributed by atoms with van der Waals surface area (Å²) in [6.45, 7) is 0.959. The SMILES string of the molecule is N#Cc1ccc(N2CCC(C(=O)Nc3ncnn3-c3ccccc3)C2)c(F)c1. The van der Waals surface area contributed by atoms with Crippen molar-refractivity contribution in [1.29, 1.82) is 5.26 Å². The number of carbonyl (C=O) groups is 1. The molecule has 0 saturated carbocycles. The van der Waals surface area contributed by atoms with Crippen molar-refractivity contribution >= 4 is 17.5 Å². The molecule has 1 aliphatic rings. The number of para-hydroxylation sites is 1. The second-order valence-corrected chi connectivity index (χ2v) is 6.53. The average molecular weight is 376 g/mol. The number of nitrogens with one attached hydrogen (secondary N) is 1. The Hall–Kier alpha value is -3.73. The maximum Gasteiger partial charge on any atom is 0.232 e. The summed E-state index contributed by atoms with van der Waals surface area (Å²) >= 11 is 0. The number of halogens is 1. The van der Waals surface area contributed by atoms with E-state index >= 15 is 0 Å². The largest absolute Gasteiger partial charge is 0.368 e. The second kappa shape index (κ2) is 7.48. The van der Waals surface area contributed by atoms with Gasteiger partial charge in [0.2, 0.25) is 11.9 Å². The van der Waals surface area contributed by atoms with Gasteiger partial charge in [-0.3, -0.25) is 10.1 Å². The highest BCUT2D eigenvalue weighted by Gasteiger charge is 2.30. The summed E-state index contributed by atoms with van der Waals surface area (Å²) in [6, 6.07) is 15.7. The maximum absolute atomic E-state index is 14.2. The van der Waals surface area contributed by atoms with E-state index in [9.17, 15) is 9.18 Å². The lowest BCUT2D eigenvalue weighted by Crippen LogP contribution is -2.28. The zero-order chi connectivity index (χ0) is 19.5. The molecule has 0 aliphatic carbocycles. The third-order valence-electron chi connectivity index (χ3n) is 4.76. The first-order valence-corrected chi connectivity index (χ1v) is 8.86. The Morgan fingerprint density at radius 1 is 1.25 bits per heavy atom. The van der Waals surface area contributed by atoms with Gasteiger partial charge in [0, 0.05) is 13.1 Å². The van der Waals surface area contributed by atoms with Crippen molar-refractivity contribution in [3.63, 3.8) is 0 Å². The monoisotopic (exact) mass is 376 g/mol. The summed E-state index contributed by atoms with van der Waals surface area (Å²) in [7, 11) is 0. The molecule has 140 valence electrons. The number of nitrogens with zero attached hydrogens (tertiary/aromatic N) is 5. The van der Waals surface area contributed by atoms with E-state index in [-0.39, 0.29) is 17.4 Å². The predicted molar refractivity (Wildman–Crippen MR) is 101 cm³/mol. The quantitative estimate of drug-likeness (QED) is 0.757. The Bertz CT molecular complexity index is 1040. The molecule has 4 rings (SSSR count). The van der Waals surface area contributed by atoms with Gasteiger partial charge < -0.3 is 4.90 Å². The van der Waals surface area contributed by atoms with Gasteiger partial charge in [0.15, 0.2) is 0 Å². The van der Waals surface area contributed by atoms with Crippen LogP contribution in [-0.4, -0.2) is 33.8 Å². The molecule has 0 radical (unpaired) electrons. The fraction of sp³-hybridized carbons (Fsp3) is 0.200.